The lowest BCUT2D eigenvalue weighted by atomic mass is 9.94. The zero-order valence-electron chi connectivity index (χ0n) is 9.98. The number of aliphatic hydroxyl groups excluding tert-OH is 1. The molecule has 94 valence electrons. The summed E-state index contributed by atoms with van der Waals surface area (Å²) in [4.78, 5) is 5.69. The molecular weight excluding hydrogens is 219 g/mol. The summed E-state index contributed by atoms with van der Waals surface area (Å²) in [5.74, 6) is -0.457. The van der Waals surface area contributed by atoms with Crippen LogP contribution in [0.2, 0.25) is 0 Å². The van der Waals surface area contributed by atoms with Crippen LogP contribution in [-0.2, 0) is 0 Å². The highest BCUT2D eigenvalue weighted by Gasteiger charge is 2.21. The highest BCUT2D eigenvalue weighted by atomic mass is 19.1. The first kappa shape index (κ1) is 12.3. The second kappa shape index (κ2) is 5.96. The Balaban J connectivity index is 2.15. The number of nitrogens with zero attached hydrogens (tertiary/aromatic N) is 2. The maximum absolute atomic E-state index is 13.1. The summed E-state index contributed by atoms with van der Waals surface area (Å²) in [7, 11) is 0. The van der Waals surface area contributed by atoms with Crippen molar-refractivity contribution in [1.82, 2.24) is 4.98 Å². The van der Waals surface area contributed by atoms with Crippen LogP contribution in [0.5, 0.6) is 0 Å². The van der Waals surface area contributed by atoms with E-state index in [1.807, 2.05) is 6.07 Å². The molecule has 1 aromatic heterocycles. The zero-order valence-corrected chi connectivity index (χ0v) is 9.98. The van der Waals surface area contributed by atoms with Crippen molar-refractivity contribution in [2.45, 2.75) is 38.1 Å². The van der Waals surface area contributed by atoms with Gasteiger partial charge in [0.25, 0.3) is 0 Å². The number of anilines is 1. The fraction of sp³-hybridized carbons (Fsp3) is 0.615. The van der Waals surface area contributed by atoms with Crippen LogP contribution in [0.25, 0.3) is 0 Å². The fourth-order valence-corrected chi connectivity index (χ4v) is 2.59. The van der Waals surface area contributed by atoms with E-state index in [1.54, 1.807) is 0 Å². The molecule has 0 atom stereocenters. The summed E-state index contributed by atoms with van der Waals surface area (Å²) in [6.45, 7) is 0.661. The van der Waals surface area contributed by atoms with E-state index < -0.39 is 5.95 Å². The Hall–Kier alpha value is -1.16. The number of aliphatic hydroxyl groups is 1. The van der Waals surface area contributed by atoms with Crippen molar-refractivity contribution in [2.24, 2.45) is 0 Å². The van der Waals surface area contributed by atoms with Gasteiger partial charge >= 0.3 is 0 Å². The van der Waals surface area contributed by atoms with Gasteiger partial charge in [0.15, 0.2) is 0 Å². The van der Waals surface area contributed by atoms with Crippen LogP contribution in [0.4, 0.5) is 10.1 Å². The Labute approximate surface area is 101 Å². The fourth-order valence-electron chi connectivity index (χ4n) is 2.59. The van der Waals surface area contributed by atoms with Gasteiger partial charge in [-0.1, -0.05) is 19.3 Å². The highest BCUT2D eigenvalue weighted by Crippen LogP contribution is 2.27. The molecule has 17 heavy (non-hydrogen) atoms. The van der Waals surface area contributed by atoms with Gasteiger partial charge in [-0.15, -0.1) is 0 Å². The Morgan fingerprint density at radius 3 is 2.76 bits per heavy atom. The standard InChI is InChI=1S/C13H19FN2O/c14-13-10-12(6-7-15-13)16(8-9-17)11-4-2-1-3-5-11/h6-7,10-11,17H,1-5,8-9H2. The Morgan fingerprint density at radius 2 is 2.12 bits per heavy atom. The molecule has 0 radical (unpaired) electrons. The number of aromatic nitrogens is 1. The molecule has 1 aromatic rings. The molecule has 1 aliphatic rings. The van der Waals surface area contributed by atoms with Crippen molar-refractivity contribution in [3.63, 3.8) is 0 Å². The number of halogens is 1. The molecule has 1 aliphatic carbocycles. The molecule has 1 fully saturated rings. The monoisotopic (exact) mass is 238 g/mol. The van der Waals surface area contributed by atoms with E-state index in [4.69, 9.17) is 5.11 Å². The van der Waals surface area contributed by atoms with Gasteiger partial charge in [-0.2, -0.15) is 4.39 Å². The predicted molar refractivity (Wildman–Crippen MR) is 65.5 cm³/mol. The van der Waals surface area contributed by atoms with Crippen LogP contribution in [0.15, 0.2) is 18.3 Å². The SMILES string of the molecule is OCCN(c1ccnc(F)c1)C1CCCCC1. The summed E-state index contributed by atoms with van der Waals surface area (Å²) < 4.78 is 13.1. The van der Waals surface area contributed by atoms with Crippen molar-refractivity contribution in [2.75, 3.05) is 18.1 Å². The summed E-state index contributed by atoms with van der Waals surface area (Å²) in [5, 5.41) is 9.15. The molecule has 1 saturated carbocycles. The van der Waals surface area contributed by atoms with Crippen molar-refractivity contribution >= 4 is 5.69 Å². The average molecular weight is 238 g/mol. The van der Waals surface area contributed by atoms with Crippen LogP contribution >= 0.6 is 0 Å². The van der Waals surface area contributed by atoms with Crippen molar-refractivity contribution in [3.05, 3.63) is 24.3 Å². The minimum atomic E-state index is -0.457. The molecule has 1 N–H and O–H groups in total. The van der Waals surface area contributed by atoms with E-state index in [0.29, 0.717) is 12.6 Å². The molecule has 0 unspecified atom stereocenters. The average Bonchev–Trinajstić information content (AvgIpc) is 2.37. The number of hydrogen-bond acceptors (Lipinski definition) is 3. The molecule has 0 aliphatic heterocycles. The van der Waals surface area contributed by atoms with Crippen LogP contribution < -0.4 is 4.90 Å². The largest absolute Gasteiger partial charge is 0.395 e. The van der Waals surface area contributed by atoms with E-state index in [2.05, 4.69) is 9.88 Å². The van der Waals surface area contributed by atoms with Gasteiger partial charge < -0.3 is 10.0 Å². The quantitative estimate of drug-likeness (QED) is 0.818. The molecule has 0 bridgehead atoms. The van der Waals surface area contributed by atoms with Crippen molar-refractivity contribution in [1.29, 1.82) is 0 Å². The molecule has 2 rings (SSSR count). The molecule has 4 heteroatoms. The van der Waals surface area contributed by atoms with Gasteiger partial charge in [-0.05, 0) is 18.9 Å². The van der Waals surface area contributed by atoms with Crippen LogP contribution in [0.3, 0.4) is 0 Å². The van der Waals surface area contributed by atoms with Crippen molar-refractivity contribution in [3.8, 4) is 0 Å². The molecule has 0 saturated heterocycles. The Morgan fingerprint density at radius 1 is 1.35 bits per heavy atom. The summed E-state index contributed by atoms with van der Waals surface area (Å²) in [6, 6.07) is 3.69. The topological polar surface area (TPSA) is 36.4 Å². The Kier molecular flexibility index (Phi) is 4.31. The summed E-state index contributed by atoms with van der Waals surface area (Å²) in [5.41, 5.74) is 0.832. The van der Waals surface area contributed by atoms with E-state index in [0.717, 1.165) is 18.5 Å². The van der Waals surface area contributed by atoms with Gasteiger partial charge in [-0.3, -0.25) is 0 Å². The molecule has 0 amide bonds. The molecule has 1 heterocycles. The smallest absolute Gasteiger partial charge is 0.214 e. The second-order valence-electron chi connectivity index (χ2n) is 4.55. The molecule has 0 spiro atoms. The van der Waals surface area contributed by atoms with E-state index >= 15 is 0 Å². The third-order valence-corrected chi connectivity index (χ3v) is 3.40. The third-order valence-electron chi connectivity index (χ3n) is 3.40. The zero-order chi connectivity index (χ0) is 12.1. The van der Waals surface area contributed by atoms with Gasteiger partial charge in [0.1, 0.15) is 0 Å². The van der Waals surface area contributed by atoms with Crippen LogP contribution in [0, 0.1) is 5.95 Å². The van der Waals surface area contributed by atoms with Crippen LogP contribution in [0.1, 0.15) is 32.1 Å². The normalized spacial score (nSPS) is 17.1. The first-order valence-electron chi connectivity index (χ1n) is 6.30. The lowest BCUT2D eigenvalue weighted by molar-refractivity contribution is 0.290. The maximum atomic E-state index is 13.1. The van der Waals surface area contributed by atoms with Crippen LogP contribution in [-0.4, -0.2) is 29.3 Å². The molecular formula is C13H19FN2O. The van der Waals surface area contributed by atoms with Gasteiger partial charge in [-0.25, -0.2) is 4.98 Å². The summed E-state index contributed by atoms with van der Waals surface area (Å²) >= 11 is 0. The van der Waals surface area contributed by atoms with Crippen molar-refractivity contribution < 1.29 is 9.50 Å². The number of pyridine rings is 1. The molecule has 3 nitrogen and oxygen atoms in total. The predicted octanol–water partition coefficient (Wildman–Crippen LogP) is 2.35. The number of rotatable bonds is 4. The minimum absolute atomic E-state index is 0.0977. The first-order valence-corrected chi connectivity index (χ1v) is 6.30. The number of hydrogen-bond donors (Lipinski definition) is 1. The lowest BCUT2D eigenvalue weighted by Gasteiger charge is -2.35. The second-order valence-corrected chi connectivity index (χ2v) is 4.55. The van der Waals surface area contributed by atoms with E-state index in [-0.39, 0.29) is 6.61 Å². The van der Waals surface area contributed by atoms with E-state index in [9.17, 15) is 4.39 Å². The van der Waals surface area contributed by atoms with E-state index in [1.165, 1.54) is 31.5 Å². The highest BCUT2D eigenvalue weighted by molar-refractivity contribution is 5.46. The minimum Gasteiger partial charge on any atom is -0.395 e. The first-order chi connectivity index (χ1) is 8.31. The maximum Gasteiger partial charge on any atom is 0.214 e. The Bertz CT molecular complexity index is 353. The molecule has 0 aromatic carbocycles. The third kappa shape index (κ3) is 3.16. The summed E-state index contributed by atoms with van der Waals surface area (Å²) in [6.07, 6.45) is 7.47. The van der Waals surface area contributed by atoms with Gasteiger partial charge in [0.2, 0.25) is 5.95 Å². The van der Waals surface area contributed by atoms with Gasteiger partial charge in [0, 0.05) is 30.5 Å². The lowest BCUT2D eigenvalue weighted by Crippen LogP contribution is -2.38. The van der Waals surface area contributed by atoms with Gasteiger partial charge in [0.05, 0.1) is 6.61 Å².